The van der Waals surface area contributed by atoms with Crippen molar-refractivity contribution in [2.75, 3.05) is 6.61 Å². The number of fused-ring (bicyclic) bond motifs is 1. The third-order valence-electron chi connectivity index (χ3n) is 3.04. The molecule has 2 fully saturated rings. The van der Waals surface area contributed by atoms with Crippen LogP contribution in [0.4, 0.5) is 0 Å². The minimum Gasteiger partial charge on any atom is -0.389 e. The zero-order valence-electron chi connectivity index (χ0n) is 9.34. The summed E-state index contributed by atoms with van der Waals surface area (Å²) in [5.41, 5.74) is 5.82. The van der Waals surface area contributed by atoms with Crippen LogP contribution < -0.4 is 5.73 Å². The number of hydrogen-bond donors (Lipinski definition) is 2. The molecule has 0 aromatic rings. The van der Waals surface area contributed by atoms with Crippen molar-refractivity contribution in [2.45, 2.75) is 57.0 Å². The molecule has 0 spiro atoms. The van der Waals surface area contributed by atoms with Gasteiger partial charge in [-0.15, -0.1) is 0 Å². The quantitative estimate of drug-likeness (QED) is 0.578. The van der Waals surface area contributed by atoms with Crippen LogP contribution in [0.5, 0.6) is 0 Å². The molecule has 2 saturated heterocycles. The van der Waals surface area contributed by atoms with Crippen molar-refractivity contribution in [3.63, 3.8) is 0 Å². The highest BCUT2D eigenvalue weighted by Crippen LogP contribution is 2.31. The number of hydrogen-bond acceptors (Lipinski definition) is 5. The molecule has 5 atom stereocenters. The van der Waals surface area contributed by atoms with Gasteiger partial charge in [-0.1, -0.05) is 0 Å². The van der Waals surface area contributed by atoms with Crippen LogP contribution in [0.1, 0.15) is 20.8 Å². The SMILES string of the molecule is CC1OC2COC(C)(C)OC2C(O)C1N. The van der Waals surface area contributed by atoms with Crippen LogP contribution >= 0.6 is 0 Å². The van der Waals surface area contributed by atoms with Gasteiger partial charge < -0.3 is 25.1 Å². The van der Waals surface area contributed by atoms with Gasteiger partial charge in [0.1, 0.15) is 18.3 Å². The molecule has 3 N–H and O–H groups in total. The van der Waals surface area contributed by atoms with Crippen LogP contribution in [0.25, 0.3) is 0 Å². The Hall–Kier alpha value is -0.200. The summed E-state index contributed by atoms with van der Waals surface area (Å²) in [6, 6.07) is -0.403. The Kier molecular flexibility index (Phi) is 2.77. The van der Waals surface area contributed by atoms with Crippen molar-refractivity contribution in [1.82, 2.24) is 0 Å². The van der Waals surface area contributed by atoms with Gasteiger partial charge in [0.15, 0.2) is 5.79 Å². The molecule has 5 nitrogen and oxygen atoms in total. The van der Waals surface area contributed by atoms with Crippen molar-refractivity contribution in [3.8, 4) is 0 Å². The summed E-state index contributed by atoms with van der Waals surface area (Å²) < 4.78 is 16.7. The minimum absolute atomic E-state index is 0.172. The Labute approximate surface area is 89.5 Å². The second kappa shape index (κ2) is 3.68. The molecule has 2 heterocycles. The third kappa shape index (κ3) is 2.03. The molecule has 5 unspecified atom stereocenters. The minimum atomic E-state index is -0.693. The average molecular weight is 217 g/mol. The molecular weight excluding hydrogens is 198 g/mol. The first-order valence-corrected chi connectivity index (χ1v) is 5.31. The van der Waals surface area contributed by atoms with E-state index >= 15 is 0 Å². The lowest BCUT2D eigenvalue weighted by Gasteiger charge is -2.48. The van der Waals surface area contributed by atoms with Gasteiger partial charge in [-0.25, -0.2) is 0 Å². The largest absolute Gasteiger partial charge is 0.389 e. The number of rotatable bonds is 0. The molecule has 0 aromatic heterocycles. The fourth-order valence-corrected chi connectivity index (χ4v) is 2.08. The number of aliphatic hydroxyl groups excluding tert-OH is 1. The lowest BCUT2D eigenvalue weighted by molar-refractivity contribution is -0.345. The lowest BCUT2D eigenvalue weighted by atomic mass is 9.93. The maximum absolute atomic E-state index is 9.99. The number of nitrogens with two attached hydrogens (primary N) is 1. The highest BCUT2D eigenvalue weighted by atomic mass is 16.7. The third-order valence-corrected chi connectivity index (χ3v) is 3.04. The van der Waals surface area contributed by atoms with E-state index in [9.17, 15) is 5.11 Å². The van der Waals surface area contributed by atoms with Gasteiger partial charge >= 0.3 is 0 Å². The van der Waals surface area contributed by atoms with E-state index in [0.29, 0.717) is 6.61 Å². The Morgan fingerprint density at radius 2 is 2.07 bits per heavy atom. The van der Waals surface area contributed by atoms with Gasteiger partial charge in [-0.2, -0.15) is 0 Å². The first-order chi connectivity index (χ1) is 6.91. The van der Waals surface area contributed by atoms with E-state index in [-0.39, 0.29) is 18.3 Å². The van der Waals surface area contributed by atoms with Gasteiger partial charge in [0, 0.05) is 0 Å². The predicted octanol–water partition coefficient (Wildman–Crippen LogP) is -0.387. The highest BCUT2D eigenvalue weighted by Gasteiger charge is 2.48. The van der Waals surface area contributed by atoms with Gasteiger partial charge in [0.05, 0.1) is 18.8 Å². The Morgan fingerprint density at radius 1 is 1.40 bits per heavy atom. The second-order valence-electron chi connectivity index (χ2n) is 4.74. The summed E-state index contributed by atoms with van der Waals surface area (Å²) in [6.07, 6.45) is -1.47. The van der Waals surface area contributed by atoms with Crippen molar-refractivity contribution in [3.05, 3.63) is 0 Å². The zero-order chi connectivity index (χ0) is 11.2. The zero-order valence-corrected chi connectivity index (χ0v) is 9.34. The Morgan fingerprint density at radius 3 is 2.73 bits per heavy atom. The molecule has 15 heavy (non-hydrogen) atoms. The average Bonchev–Trinajstić information content (AvgIpc) is 2.16. The Bertz CT molecular complexity index is 244. The van der Waals surface area contributed by atoms with Gasteiger partial charge in [-0.05, 0) is 20.8 Å². The predicted molar refractivity (Wildman–Crippen MR) is 53.2 cm³/mol. The normalized spacial score (nSPS) is 49.8. The van der Waals surface area contributed by atoms with Gasteiger partial charge in [0.25, 0.3) is 0 Å². The monoisotopic (exact) mass is 217 g/mol. The van der Waals surface area contributed by atoms with Crippen LogP contribution in [0, 0.1) is 0 Å². The second-order valence-corrected chi connectivity index (χ2v) is 4.74. The number of ether oxygens (including phenoxy) is 3. The fourth-order valence-electron chi connectivity index (χ4n) is 2.08. The van der Waals surface area contributed by atoms with Crippen LogP contribution in [-0.4, -0.2) is 48.0 Å². The molecule has 0 bridgehead atoms. The molecular formula is C10H19NO4. The molecule has 0 radical (unpaired) electrons. The lowest BCUT2D eigenvalue weighted by Crippen LogP contribution is -2.65. The van der Waals surface area contributed by atoms with E-state index in [4.69, 9.17) is 19.9 Å². The summed E-state index contributed by atoms with van der Waals surface area (Å²) in [4.78, 5) is 0. The first-order valence-electron chi connectivity index (χ1n) is 5.31. The molecule has 88 valence electrons. The molecule has 0 aromatic carbocycles. The summed E-state index contributed by atoms with van der Waals surface area (Å²) in [5, 5.41) is 9.99. The Balaban J connectivity index is 2.12. The molecule has 2 rings (SSSR count). The first kappa shape index (κ1) is 11.3. The van der Waals surface area contributed by atoms with Crippen LogP contribution in [-0.2, 0) is 14.2 Å². The summed E-state index contributed by atoms with van der Waals surface area (Å²) in [5.74, 6) is -0.675. The van der Waals surface area contributed by atoms with E-state index < -0.39 is 17.9 Å². The van der Waals surface area contributed by atoms with E-state index in [1.165, 1.54) is 0 Å². The molecule has 0 amide bonds. The molecule has 0 aliphatic carbocycles. The van der Waals surface area contributed by atoms with Gasteiger partial charge in [0.2, 0.25) is 0 Å². The van der Waals surface area contributed by atoms with Crippen molar-refractivity contribution in [2.24, 2.45) is 5.73 Å². The maximum atomic E-state index is 9.99. The van der Waals surface area contributed by atoms with E-state index in [0.717, 1.165) is 0 Å². The molecule has 0 saturated carbocycles. The highest BCUT2D eigenvalue weighted by molar-refractivity contribution is 4.96. The van der Waals surface area contributed by atoms with Crippen molar-refractivity contribution >= 4 is 0 Å². The van der Waals surface area contributed by atoms with E-state index in [1.807, 2.05) is 20.8 Å². The maximum Gasteiger partial charge on any atom is 0.163 e. The summed E-state index contributed by atoms with van der Waals surface area (Å²) in [7, 11) is 0. The van der Waals surface area contributed by atoms with Gasteiger partial charge in [-0.3, -0.25) is 0 Å². The molecule has 5 heteroatoms. The standard InChI is InChI=1S/C10H19NO4/c1-5-7(11)8(12)9-6(14-5)4-13-10(2,3)15-9/h5-9,12H,4,11H2,1-3H3. The van der Waals surface area contributed by atoms with E-state index in [1.54, 1.807) is 0 Å². The smallest absolute Gasteiger partial charge is 0.163 e. The topological polar surface area (TPSA) is 73.9 Å². The van der Waals surface area contributed by atoms with E-state index in [2.05, 4.69) is 0 Å². The summed E-state index contributed by atoms with van der Waals surface area (Å²) >= 11 is 0. The van der Waals surface area contributed by atoms with Crippen molar-refractivity contribution < 1.29 is 19.3 Å². The molecule has 2 aliphatic heterocycles. The number of aliphatic hydroxyl groups is 1. The van der Waals surface area contributed by atoms with Crippen molar-refractivity contribution in [1.29, 1.82) is 0 Å². The van der Waals surface area contributed by atoms with Crippen LogP contribution in [0.15, 0.2) is 0 Å². The summed E-state index contributed by atoms with van der Waals surface area (Å²) in [6.45, 7) is 5.93. The fraction of sp³-hybridized carbons (Fsp3) is 1.00. The van der Waals surface area contributed by atoms with Crippen LogP contribution in [0.3, 0.4) is 0 Å². The molecule has 2 aliphatic rings. The van der Waals surface area contributed by atoms with Crippen LogP contribution in [0.2, 0.25) is 0 Å².